The molecular formula is C17H19Cl2N3O2. The van der Waals surface area contributed by atoms with E-state index in [1.165, 1.54) is 17.3 Å². The zero-order chi connectivity index (χ0) is 16.2. The molecule has 5 nitrogen and oxygen atoms in total. The maximum atomic E-state index is 12.0. The normalized spacial score (nSPS) is 17.3. The van der Waals surface area contributed by atoms with E-state index in [1.807, 2.05) is 12.1 Å². The monoisotopic (exact) mass is 367 g/mol. The standard InChI is InChI=1S/C17H18ClN3O2.ClH/c18-16-6-5-13(9-20-16)17(23)21-10-15(22)14-7-11-3-1-2-4-12(11)8-19-14;/h1-6,9,14-15,19,22H,7-8,10H2,(H,21,23);1H/t14-,15+;/m0./s1. The summed E-state index contributed by atoms with van der Waals surface area (Å²) in [6.45, 7) is 0.911. The SMILES string of the molecule is Cl.O=C(NC[C@@H](O)[C@@H]1Cc2ccccc2CN1)c1ccc(Cl)nc1. The van der Waals surface area contributed by atoms with Gasteiger partial charge in [-0.2, -0.15) is 0 Å². The first-order valence-electron chi connectivity index (χ1n) is 7.51. The number of hydrogen-bond donors (Lipinski definition) is 3. The fraction of sp³-hybridized carbons (Fsp3) is 0.294. The molecule has 1 aliphatic rings. The highest BCUT2D eigenvalue weighted by Crippen LogP contribution is 2.17. The fourth-order valence-electron chi connectivity index (χ4n) is 2.70. The fourth-order valence-corrected chi connectivity index (χ4v) is 2.81. The molecule has 1 aromatic heterocycles. The van der Waals surface area contributed by atoms with Crippen molar-refractivity contribution < 1.29 is 9.90 Å². The summed E-state index contributed by atoms with van der Waals surface area (Å²) in [6.07, 6.45) is 1.50. The maximum Gasteiger partial charge on any atom is 0.252 e. The lowest BCUT2D eigenvalue weighted by atomic mass is 9.93. The maximum absolute atomic E-state index is 12.0. The summed E-state index contributed by atoms with van der Waals surface area (Å²) in [5.74, 6) is -0.274. The van der Waals surface area contributed by atoms with Crippen molar-refractivity contribution in [3.63, 3.8) is 0 Å². The lowest BCUT2D eigenvalue weighted by Crippen LogP contribution is -2.49. The Balaban J connectivity index is 0.00000208. The van der Waals surface area contributed by atoms with Crippen LogP contribution in [0.3, 0.4) is 0 Å². The summed E-state index contributed by atoms with van der Waals surface area (Å²) in [4.78, 5) is 15.9. The van der Waals surface area contributed by atoms with Gasteiger partial charge in [-0.05, 0) is 29.7 Å². The number of aromatic nitrogens is 1. The van der Waals surface area contributed by atoms with Crippen LogP contribution in [-0.2, 0) is 13.0 Å². The van der Waals surface area contributed by atoms with Crippen molar-refractivity contribution in [3.05, 3.63) is 64.4 Å². The minimum absolute atomic E-state index is 0. The van der Waals surface area contributed by atoms with Crippen molar-refractivity contribution in [3.8, 4) is 0 Å². The van der Waals surface area contributed by atoms with E-state index in [0.29, 0.717) is 10.7 Å². The van der Waals surface area contributed by atoms with Gasteiger partial charge in [0.15, 0.2) is 0 Å². The molecule has 0 radical (unpaired) electrons. The van der Waals surface area contributed by atoms with Crippen LogP contribution in [0.2, 0.25) is 5.15 Å². The number of carbonyl (C=O) groups excluding carboxylic acids is 1. The van der Waals surface area contributed by atoms with E-state index in [4.69, 9.17) is 11.6 Å². The van der Waals surface area contributed by atoms with Crippen molar-refractivity contribution in [2.75, 3.05) is 6.54 Å². The molecule has 0 fully saturated rings. The van der Waals surface area contributed by atoms with Gasteiger partial charge in [0.05, 0.1) is 11.7 Å². The third kappa shape index (κ3) is 4.45. The third-order valence-electron chi connectivity index (χ3n) is 4.04. The molecule has 2 atom stereocenters. The molecule has 128 valence electrons. The second-order valence-electron chi connectivity index (χ2n) is 5.61. The Morgan fingerprint density at radius 2 is 2.08 bits per heavy atom. The molecule has 1 aliphatic heterocycles. The molecule has 3 N–H and O–H groups in total. The summed E-state index contributed by atoms with van der Waals surface area (Å²) in [7, 11) is 0. The van der Waals surface area contributed by atoms with Crippen LogP contribution in [0.4, 0.5) is 0 Å². The van der Waals surface area contributed by atoms with Gasteiger partial charge in [0, 0.05) is 25.3 Å². The molecule has 7 heteroatoms. The zero-order valence-corrected chi connectivity index (χ0v) is 14.5. The van der Waals surface area contributed by atoms with Crippen LogP contribution >= 0.6 is 24.0 Å². The predicted octanol–water partition coefficient (Wildman–Crippen LogP) is 1.96. The average molecular weight is 368 g/mol. The van der Waals surface area contributed by atoms with E-state index >= 15 is 0 Å². The molecule has 0 saturated heterocycles. The third-order valence-corrected chi connectivity index (χ3v) is 4.26. The van der Waals surface area contributed by atoms with Crippen molar-refractivity contribution in [2.45, 2.75) is 25.1 Å². The molecule has 0 spiro atoms. The number of halogens is 2. The van der Waals surface area contributed by atoms with Crippen LogP contribution in [0.15, 0.2) is 42.6 Å². The minimum Gasteiger partial charge on any atom is -0.390 e. The topological polar surface area (TPSA) is 74.2 Å². The molecule has 2 aromatic rings. The van der Waals surface area contributed by atoms with Gasteiger partial charge in [-0.1, -0.05) is 35.9 Å². The Morgan fingerprint density at radius 1 is 1.33 bits per heavy atom. The Kier molecular flexibility index (Phi) is 6.57. The van der Waals surface area contributed by atoms with E-state index in [2.05, 4.69) is 27.8 Å². The highest BCUT2D eigenvalue weighted by molar-refractivity contribution is 6.29. The van der Waals surface area contributed by atoms with Gasteiger partial charge in [-0.25, -0.2) is 4.98 Å². The van der Waals surface area contributed by atoms with Crippen LogP contribution in [0.25, 0.3) is 0 Å². The van der Waals surface area contributed by atoms with Crippen molar-refractivity contribution in [2.24, 2.45) is 0 Å². The lowest BCUT2D eigenvalue weighted by Gasteiger charge is -2.30. The first-order valence-corrected chi connectivity index (χ1v) is 7.89. The molecule has 24 heavy (non-hydrogen) atoms. The second kappa shape index (κ2) is 8.44. The summed E-state index contributed by atoms with van der Waals surface area (Å²) in [5, 5.41) is 16.7. The van der Waals surface area contributed by atoms with Crippen molar-refractivity contribution in [1.82, 2.24) is 15.6 Å². The number of aliphatic hydroxyl groups is 1. The van der Waals surface area contributed by atoms with Gasteiger partial charge in [-0.15, -0.1) is 12.4 Å². The van der Waals surface area contributed by atoms with E-state index in [0.717, 1.165) is 13.0 Å². The molecular weight excluding hydrogens is 349 g/mol. The highest BCUT2D eigenvalue weighted by atomic mass is 35.5. The predicted molar refractivity (Wildman–Crippen MR) is 95.6 cm³/mol. The first-order chi connectivity index (χ1) is 11.1. The summed E-state index contributed by atoms with van der Waals surface area (Å²) >= 11 is 5.70. The molecule has 0 bridgehead atoms. The molecule has 2 heterocycles. The Bertz CT molecular complexity index is 694. The minimum atomic E-state index is -0.660. The largest absolute Gasteiger partial charge is 0.390 e. The van der Waals surface area contributed by atoms with Gasteiger partial charge < -0.3 is 15.7 Å². The number of fused-ring (bicyclic) bond motifs is 1. The number of amides is 1. The Morgan fingerprint density at radius 3 is 2.79 bits per heavy atom. The first kappa shape index (κ1) is 18.7. The highest BCUT2D eigenvalue weighted by Gasteiger charge is 2.24. The van der Waals surface area contributed by atoms with E-state index in [9.17, 15) is 9.90 Å². The van der Waals surface area contributed by atoms with Crippen LogP contribution in [0, 0.1) is 0 Å². The number of carbonyl (C=O) groups is 1. The van der Waals surface area contributed by atoms with E-state index in [1.54, 1.807) is 12.1 Å². The van der Waals surface area contributed by atoms with Crippen molar-refractivity contribution >= 4 is 29.9 Å². The Hall–Kier alpha value is -1.66. The number of nitrogens with one attached hydrogen (secondary N) is 2. The van der Waals surface area contributed by atoms with Crippen LogP contribution in [-0.4, -0.2) is 34.7 Å². The van der Waals surface area contributed by atoms with E-state index in [-0.39, 0.29) is 30.9 Å². The number of rotatable bonds is 4. The van der Waals surface area contributed by atoms with Crippen LogP contribution < -0.4 is 10.6 Å². The van der Waals surface area contributed by atoms with Gasteiger partial charge in [0.1, 0.15) is 5.15 Å². The number of nitrogens with zero attached hydrogens (tertiary/aromatic N) is 1. The molecule has 0 saturated carbocycles. The van der Waals surface area contributed by atoms with Gasteiger partial charge >= 0.3 is 0 Å². The number of benzene rings is 1. The molecule has 0 aliphatic carbocycles. The molecule has 1 amide bonds. The van der Waals surface area contributed by atoms with Crippen molar-refractivity contribution in [1.29, 1.82) is 0 Å². The van der Waals surface area contributed by atoms with Gasteiger partial charge in [0.25, 0.3) is 5.91 Å². The second-order valence-corrected chi connectivity index (χ2v) is 5.99. The lowest BCUT2D eigenvalue weighted by molar-refractivity contribution is 0.0869. The number of hydrogen-bond acceptors (Lipinski definition) is 4. The summed E-state index contributed by atoms with van der Waals surface area (Å²) < 4.78 is 0. The summed E-state index contributed by atoms with van der Waals surface area (Å²) in [6, 6.07) is 11.3. The van der Waals surface area contributed by atoms with Gasteiger partial charge in [0.2, 0.25) is 0 Å². The zero-order valence-electron chi connectivity index (χ0n) is 12.9. The van der Waals surface area contributed by atoms with Gasteiger partial charge in [-0.3, -0.25) is 4.79 Å². The molecule has 3 rings (SSSR count). The van der Waals surface area contributed by atoms with E-state index < -0.39 is 6.10 Å². The summed E-state index contributed by atoms with van der Waals surface area (Å²) in [5.41, 5.74) is 2.92. The quantitative estimate of drug-likeness (QED) is 0.722. The smallest absolute Gasteiger partial charge is 0.252 e. The molecule has 0 unspecified atom stereocenters. The number of pyridine rings is 1. The Labute approximate surface area is 151 Å². The van der Waals surface area contributed by atoms with Crippen LogP contribution in [0.1, 0.15) is 21.5 Å². The van der Waals surface area contributed by atoms with Crippen LogP contribution in [0.5, 0.6) is 0 Å². The number of aliphatic hydroxyl groups excluding tert-OH is 1. The average Bonchev–Trinajstić information content (AvgIpc) is 2.59. The molecule has 1 aromatic carbocycles.